The van der Waals surface area contributed by atoms with Crippen LogP contribution < -0.4 is 0 Å². The molecule has 0 atom stereocenters. The van der Waals surface area contributed by atoms with Crippen LogP contribution in [0.3, 0.4) is 0 Å². The molecule has 514 valence electrons. The average Bonchev–Trinajstić information content (AvgIpc) is 1.56. The summed E-state index contributed by atoms with van der Waals surface area (Å²) in [5, 5.41) is 12.2. The summed E-state index contributed by atoms with van der Waals surface area (Å²) in [6.45, 7) is 0. The Morgan fingerprint density at radius 1 is 0.136 bits per heavy atom. The molecule has 0 saturated carbocycles. The SMILES string of the molecule is c1ccc(-c2nc(-c3cccc(-n4c5ccccc5c5cc6c7ccccc7n(-c7ccccc7)c6cc54)c3)nc(-c3ccc4ccccc4c3)n2)cc1.c1ccc(-c2nc(-c3ccccc3)nc(-c3ccc(-c4cccc(-n5c6ccccc6c6cc7c8ccccc8n(-c8ccccc8)c7cc65)c4)cc3)n2)cc1. The van der Waals surface area contributed by atoms with Crippen LogP contribution in [0.25, 0.3) is 200 Å². The normalized spacial score (nSPS) is 11.6. The Balaban J connectivity index is 0.000000140. The first-order valence-corrected chi connectivity index (χ1v) is 37.1. The van der Waals surface area contributed by atoms with Gasteiger partial charge in [-0.3, -0.25) is 0 Å². The molecule has 0 aliphatic heterocycles. The molecule has 0 spiro atoms. The van der Waals surface area contributed by atoms with Crippen LogP contribution in [-0.2, 0) is 0 Å². The van der Waals surface area contributed by atoms with Crippen molar-refractivity contribution in [3.05, 3.63) is 388 Å². The summed E-state index contributed by atoms with van der Waals surface area (Å²) in [6, 6.07) is 137. The van der Waals surface area contributed by atoms with E-state index in [-0.39, 0.29) is 0 Å². The van der Waals surface area contributed by atoms with Gasteiger partial charge in [-0.2, -0.15) is 0 Å². The molecule has 0 bridgehead atoms. The van der Waals surface area contributed by atoms with Gasteiger partial charge in [0.25, 0.3) is 0 Å². The van der Waals surface area contributed by atoms with Crippen LogP contribution in [0.1, 0.15) is 0 Å². The maximum absolute atomic E-state index is 5.13. The second-order valence-electron chi connectivity index (χ2n) is 27.8. The van der Waals surface area contributed by atoms with Crippen LogP contribution in [0.15, 0.2) is 388 Å². The lowest BCUT2D eigenvalue weighted by Gasteiger charge is -2.12. The molecule has 0 aliphatic rings. The fourth-order valence-corrected chi connectivity index (χ4v) is 16.2. The molecule has 22 rings (SSSR count). The molecule has 6 aromatic heterocycles. The topological polar surface area (TPSA) is 97.1 Å². The van der Waals surface area contributed by atoms with Gasteiger partial charge in [-0.1, -0.05) is 285 Å². The predicted molar refractivity (Wildman–Crippen MR) is 453 cm³/mol. The summed E-state index contributed by atoms with van der Waals surface area (Å²) in [5.74, 6) is 3.85. The van der Waals surface area contributed by atoms with Gasteiger partial charge in [0, 0.05) is 99.2 Å². The standard InChI is InChI=1S/C51H33N5.C49H31N5/c1-4-15-35(16-5-1)49-52-50(36-17-6-2-7-18-36)54-51(53-49)37-29-27-34(28-30-37)38-19-14-22-40(31-38)56-46-26-13-11-24-42(46)44-32-43-41-23-10-12-25-45(41)55(47(43)33-48(44)56)39-20-8-3-9-21-39;1-3-15-33(16-4-1)47-50-48(52-49(51-47)36-27-26-32-14-7-8-17-34(32)28-36)35-18-13-21-38(29-35)54-44-25-12-10-23-40(44)42-30-41-39-22-9-11-24-43(39)53(45(41)31-46(42)54)37-19-5-2-6-20-37/h1-33H;1-31H. The molecule has 0 aliphatic carbocycles. The van der Waals surface area contributed by atoms with Crippen LogP contribution >= 0.6 is 0 Å². The zero-order valence-electron chi connectivity index (χ0n) is 59.4. The van der Waals surface area contributed by atoms with Gasteiger partial charge in [0.15, 0.2) is 34.9 Å². The van der Waals surface area contributed by atoms with E-state index in [0.717, 1.165) is 83.7 Å². The van der Waals surface area contributed by atoms with Gasteiger partial charge in [0.1, 0.15) is 0 Å². The van der Waals surface area contributed by atoms with E-state index in [1.54, 1.807) is 0 Å². The van der Waals surface area contributed by atoms with E-state index in [0.29, 0.717) is 34.9 Å². The second kappa shape index (κ2) is 26.5. The van der Waals surface area contributed by atoms with Gasteiger partial charge in [-0.05, 0) is 125 Å². The Labute approximate surface area is 632 Å². The summed E-state index contributed by atoms with van der Waals surface area (Å²) >= 11 is 0. The third-order valence-corrected chi connectivity index (χ3v) is 21.3. The van der Waals surface area contributed by atoms with Crippen molar-refractivity contribution >= 4 is 98.0 Å². The molecule has 0 saturated heterocycles. The van der Waals surface area contributed by atoms with Gasteiger partial charge < -0.3 is 18.3 Å². The maximum Gasteiger partial charge on any atom is 0.164 e. The molecule has 10 nitrogen and oxygen atoms in total. The summed E-state index contributed by atoms with van der Waals surface area (Å²) in [5.41, 5.74) is 21.7. The molecule has 16 aromatic carbocycles. The highest BCUT2D eigenvalue weighted by Crippen LogP contribution is 2.43. The molecule has 0 radical (unpaired) electrons. The Morgan fingerprint density at radius 2 is 0.400 bits per heavy atom. The van der Waals surface area contributed by atoms with E-state index >= 15 is 0 Å². The van der Waals surface area contributed by atoms with E-state index in [2.05, 4.69) is 316 Å². The molecular formula is C100H64N10. The maximum atomic E-state index is 5.13. The number of hydrogen-bond donors (Lipinski definition) is 0. The van der Waals surface area contributed by atoms with Crippen LogP contribution in [0.5, 0.6) is 0 Å². The van der Waals surface area contributed by atoms with Crippen LogP contribution in [0, 0.1) is 0 Å². The van der Waals surface area contributed by atoms with E-state index in [4.69, 9.17) is 29.9 Å². The predicted octanol–water partition coefficient (Wildman–Crippen LogP) is 25.0. The van der Waals surface area contributed by atoms with E-state index in [1.165, 1.54) is 81.6 Å². The largest absolute Gasteiger partial charge is 0.309 e. The first kappa shape index (κ1) is 63.5. The third-order valence-electron chi connectivity index (χ3n) is 21.3. The Morgan fingerprint density at radius 3 is 0.800 bits per heavy atom. The Hall–Kier alpha value is -15.0. The van der Waals surface area contributed by atoms with Gasteiger partial charge in [0.05, 0.1) is 44.1 Å². The molecule has 0 N–H and O–H groups in total. The van der Waals surface area contributed by atoms with Crippen molar-refractivity contribution in [2.24, 2.45) is 0 Å². The molecule has 0 amide bonds. The molecule has 0 unspecified atom stereocenters. The highest BCUT2D eigenvalue weighted by molar-refractivity contribution is 6.21. The molecule has 10 heteroatoms. The minimum Gasteiger partial charge on any atom is -0.309 e. The first-order chi connectivity index (χ1) is 54.5. The lowest BCUT2D eigenvalue weighted by Crippen LogP contribution is -2.01. The van der Waals surface area contributed by atoms with Crippen molar-refractivity contribution in [2.75, 3.05) is 0 Å². The zero-order chi connectivity index (χ0) is 72.6. The number of fused-ring (bicyclic) bond motifs is 13. The van der Waals surface area contributed by atoms with Crippen LogP contribution in [-0.4, -0.2) is 48.2 Å². The lowest BCUT2D eigenvalue weighted by atomic mass is 10.0. The van der Waals surface area contributed by atoms with E-state index in [1.807, 2.05) is 91.0 Å². The Kier molecular flexibility index (Phi) is 15.3. The highest BCUT2D eigenvalue weighted by Gasteiger charge is 2.23. The summed E-state index contributed by atoms with van der Waals surface area (Å²) in [6.07, 6.45) is 0. The summed E-state index contributed by atoms with van der Waals surface area (Å²) in [7, 11) is 0. The van der Waals surface area contributed by atoms with Crippen molar-refractivity contribution in [3.63, 3.8) is 0 Å². The van der Waals surface area contributed by atoms with Crippen molar-refractivity contribution < 1.29 is 0 Å². The summed E-state index contributed by atoms with van der Waals surface area (Å²) in [4.78, 5) is 30.0. The van der Waals surface area contributed by atoms with Crippen molar-refractivity contribution in [1.82, 2.24) is 48.2 Å². The minimum absolute atomic E-state index is 0.626. The molecular weight excluding hydrogens is 1340 g/mol. The fraction of sp³-hybridized carbons (Fsp3) is 0. The van der Waals surface area contributed by atoms with Gasteiger partial charge in [-0.25, -0.2) is 29.9 Å². The molecule has 6 heterocycles. The summed E-state index contributed by atoms with van der Waals surface area (Å²) < 4.78 is 9.56. The highest BCUT2D eigenvalue weighted by atomic mass is 15.1. The number of aromatic nitrogens is 10. The quantitative estimate of drug-likeness (QED) is 0.128. The van der Waals surface area contributed by atoms with Crippen molar-refractivity contribution in [1.29, 1.82) is 0 Å². The lowest BCUT2D eigenvalue weighted by molar-refractivity contribution is 1.07. The third kappa shape index (κ3) is 11.0. The van der Waals surface area contributed by atoms with Gasteiger partial charge in [-0.15, -0.1) is 0 Å². The van der Waals surface area contributed by atoms with Gasteiger partial charge >= 0.3 is 0 Å². The molecule has 0 fully saturated rings. The fourth-order valence-electron chi connectivity index (χ4n) is 16.2. The van der Waals surface area contributed by atoms with Crippen molar-refractivity contribution in [2.45, 2.75) is 0 Å². The van der Waals surface area contributed by atoms with E-state index in [9.17, 15) is 0 Å². The van der Waals surface area contributed by atoms with Crippen LogP contribution in [0.2, 0.25) is 0 Å². The Bertz CT molecular complexity index is 7250. The molecule has 22 aromatic rings. The number of rotatable bonds is 11. The van der Waals surface area contributed by atoms with Gasteiger partial charge in [0.2, 0.25) is 0 Å². The van der Waals surface area contributed by atoms with E-state index < -0.39 is 0 Å². The zero-order valence-corrected chi connectivity index (χ0v) is 59.4. The number of hydrogen-bond acceptors (Lipinski definition) is 6. The number of nitrogens with zero attached hydrogens (tertiary/aromatic N) is 10. The van der Waals surface area contributed by atoms with Crippen LogP contribution in [0.4, 0.5) is 0 Å². The first-order valence-electron chi connectivity index (χ1n) is 37.1. The number of benzene rings is 16. The average molecular weight is 1410 g/mol. The molecule has 110 heavy (non-hydrogen) atoms. The monoisotopic (exact) mass is 1400 g/mol. The minimum atomic E-state index is 0.626. The second-order valence-corrected chi connectivity index (χ2v) is 27.8. The van der Waals surface area contributed by atoms with Crippen molar-refractivity contribution in [3.8, 4) is 102 Å². The number of para-hydroxylation sites is 6. The smallest absolute Gasteiger partial charge is 0.164 e.